The van der Waals surface area contributed by atoms with Crippen molar-refractivity contribution in [3.63, 3.8) is 0 Å². The Morgan fingerprint density at radius 2 is 2.00 bits per heavy atom. The molecule has 150 valence electrons. The normalized spacial score (nSPS) is 16.7. The third kappa shape index (κ3) is 4.66. The van der Waals surface area contributed by atoms with Crippen molar-refractivity contribution >= 4 is 34.2 Å². The molecule has 0 spiro atoms. The molecule has 0 bridgehead atoms. The van der Waals surface area contributed by atoms with Gasteiger partial charge in [0.25, 0.3) is 0 Å². The summed E-state index contributed by atoms with van der Waals surface area (Å²) in [4.78, 5) is 14.4. The average molecular weight is 409 g/mol. The molecule has 1 unspecified atom stereocenters. The lowest BCUT2D eigenvalue weighted by Gasteiger charge is -2.24. The van der Waals surface area contributed by atoms with E-state index in [1.807, 2.05) is 36.2 Å². The summed E-state index contributed by atoms with van der Waals surface area (Å²) in [7, 11) is 0. The highest BCUT2D eigenvalue weighted by Crippen LogP contribution is 2.27. The van der Waals surface area contributed by atoms with Crippen molar-refractivity contribution in [3.05, 3.63) is 71.4 Å². The van der Waals surface area contributed by atoms with E-state index in [0.717, 1.165) is 47.4 Å². The summed E-state index contributed by atoms with van der Waals surface area (Å²) in [6.45, 7) is 0.867. The van der Waals surface area contributed by atoms with E-state index in [1.54, 1.807) is 24.3 Å². The van der Waals surface area contributed by atoms with Crippen LogP contribution in [-0.4, -0.2) is 39.5 Å². The Bertz CT molecular complexity index is 1040. The van der Waals surface area contributed by atoms with Crippen LogP contribution in [0, 0.1) is 0 Å². The number of nitrogens with one attached hydrogen (secondary N) is 2. The number of phenolic OH excluding ortho intramolecular Hbond substituents is 1. The fourth-order valence-corrected chi connectivity index (χ4v) is 4.78. The summed E-state index contributed by atoms with van der Waals surface area (Å²) >= 11 is 1.87. The van der Waals surface area contributed by atoms with Gasteiger partial charge in [-0.15, -0.1) is 0 Å². The van der Waals surface area contributed by atoms with Crippen molar-refractivity contribution in [2.24, 2.45) is 0 Å². The van der Waals surface area contributed by atoms with E-state index >= 15 is 0 Å². The molecule has 5 nitrogen and oxygen atoms in total. The monoisotopic (exact) mass is 408 g/mol. The summed E-state index contributed by atoms with van der Waals surface area (Å²) in [5.74, 6) is 1.29. The van der Waals surface area contributed by atoms with Gasteiger partial charge < -0.3 is 20.5 Å². The second-order valence-corrected chi connectivity index (χ2v) is 8.41. The van der Waals surface area contributed by atoms with Gasteiger partial charge in [-0.25, -0.2) is 4.79 Å². The highest BCUT2D eigenvalue weighted by molar-refractivity contribution is 7.98. The van der Waals surface area contributed by atoms with Gasteiger partial charge in [0.1, 0.15) is 5.75 Å². The number of carboxylic acid groups (broad SMARTS) is 1. The molecule has 1 aliphatic rings. The van der Waals surface area contributed by atoms with Gasteiger partial charge in [-0.2, -0.15) is 11.8 Å². The number of fused-ring (bicyclic) bond motifs is 1. The van der Waals surface area contributed by atoms with E-state index in [-0.39, 0.29) is 0 Å². The molecule has 3 aromatic rings. The van der Waals surface area contributed by atoms with Crippen molar-refractivity contribution in [1.29, 1.82) is 0 Å². The molecule has 4 rings (SSSR count). The van der Waals surface area contributed by atoms with Crippen LogP contribution in [0.5, 0.6) is 5.75 Å². The van der Waals surface area contributed by atoms with Gasteiger partial charge in [-0.05, 0) is 65.6 Å². The topological polar surface area (TPSA) is 85.3 Å². The van der Waals surface area contributed by atoms with Gasteiger partial charge in [-0.3, -0.25) is 0 Å². The molecule has 29 heavy (non-hydrogen) atoms. The van der Waals surface area contributed by atoms with Gasteiger partial charge in [-0.1, -0.05) is 18.2 Å². The highest BCUT2D eigenvalue weighted by Gasteiger charge is 2.16. The first-order valence-corrected chi connectivity index (χ1v) is 10.9. The molecule has 1 atom stereocenters. The number of aromatic nitrogens is 1. The van der Waals surface area contributed by atoms with Gasteiger partial charge in [0.05, 0.1) is 5.56 Å². The first-order valence-electron chi connectivity index (χ1n) is 9.73. The Morgan fingerprint density at radius 3 is 2.79 bits per heavy atom. The van der Waals surface area contributed by atoms with Crippen LogP contribution < -0.4 is 5.32 Å². The van der Waals surface area contributed by atoms with Gasteiger partial charge in [0, 0.05) is 35.4 Å². The van der Waals surface area contributed by atoms with Crippen LogP contribution in [0.4, 0.5) is 0 Å². The molecule has 2 aromatic carbocycles. The van der Waals surface area contributed by atoms with Crippen LogP contribution in [-0.2, 0) is 5.75 Å². The van der Waals surface area contributed by atoms with E-state index in [2.05, 4.69) is 16.4 Å². The molecular weight excluding hydrogens is 384 g/mol. The highest BCUT2D eigenvalue weighted by atomic mass is 32.2. The van der Waals surface area contributed by atoms with Crippen LogP contribution in [0.25, 0.3) is 16.5 Å². The Morgan fingerprint density at radius 1 is 1.17 bits per heavy atom. The first kappa shape index (κ1) is 19.6. The molecule has 0 saturated carbocycles. The molecule has 1 aromatic heterocycles. The number of phenols is 1. The number of carboxylic acids is 1. The summed E-state index contributed by atoms with van der Waals surface area (Å²) in [6, 6.07) is 13.1. The molecule has 0 aliphatic carbocycles. The summed E-state index contributed by atoms with van der Waals surface area (Å²) in [6.07, 6.45) is 6.26. The smallest absolute Gasteiger partial charge is 0.335 e. The molecule has 1 aliphatic heterocycles. The number of rotatable bonds is 7. The van der Waals surface area contributed by atoms with Crippen LogP contribution in [0.1, 0.15) is 34.3 Å². The third-order valence-corrected chi connectivity index (χ3v) is 6.38. The number of hydrogen-bond acceptors (Lipinski definition) is 4. The van der Waals surface area contributed by atoms with Crippen LogP contribution in [0.2, 0.25) is 0 Å². The quantitative estimate of drug-likeness (QED) is 0.428. The van der Waals surface area contributed by atoms with Crippen molar-refractivity contribution in [2.75, 3.05) is 12.3 Å². The van der Waals surface area contributed by atoms with E-state index in [0.29, 0.717) is 17.4 Å². The second-order valence-electron chi connectivity index (χ2n) is 7.31. The molecule has 4 N–H and O–H groups in total. The molecule has 6 heteroatoms. The summed E-state index contributed by atoms with van der Waals surface area (Å²) in [5.41, 5.74) is 4.95. The van der Waals surface area contributed by atoms with Gasteiger partial charge >= 0.3 is 5.97 Å². The fourth-order valence-electron chi connectivity index (χ4n) is 3.72. The minimum Gasteiger partial charge on any atom is -0.508 e. The van der Waals surface area contributed by atoms with Crippen molar-refractivity contribution in [1.82, 2.24) is 10.3 Å². The molecule has 0 fully saturated rings. The number of aromatic amines is 1. The predicted octanol–water partition coefficient (Wildman–Crippen LogP) is 4.64. The molecule has 0 amide bonds. The van der Waals surface area contributed by atoms with E-state index < -0.39 is 5.97 Å². The number of aromatic carboxylic acids is 1. The lowest BCUT2D eigenvalue weighted by molar-refractivity contribution is 0.0697. The van der Waals surface area contributed by atoms with Crippen LogP contribution in [0.3, 0.4) is 0 Å². The largest absolute Gasteiger partial charge is 0.508 e. The predicted molar refractivity (Wildman–Crippen MR) is 119 cm³/mol. The Kier molecular flexibility index (Phi) is 5.92. The maximum atomic E-state index is 11.2. The maximum Gasteiger partial charge on any atom is 0.335 e. The van der Waals surface area contributed by atoms with Gasteiger partial charge in [0.15, 0.2) is 0 Å². The Balaban J connectivity index is 1.30. The first-order chi connectivity index (χ1) is 14.1. The average Bonchev–Trinajstić information content (AvgIpc) is 3.14. The Hall–Kier alpha value is -2.70. The second kappa shape index (κ2) is 8.76. The van der Waals surface area contributed by atoms with E-state index in [4.69, 9.17) is 0 Å². The van der Waals surface area contributed by atoms with Crippen LogP contribution >= 0.6 is 11.8 Å². The molecule has 2 heterocycles. The number of H-pyrrole nitrogens is 1. The lowest BCUT2D eigenvalue weighted by Crippen LogP contribution is -2.33. The van der Waals surface area contributed by atoms with E-state index in [9.17, 15) is 15.0 Å². The van der Waals surface area contributed by atoms with Gasteiger partial charge in [0.2, 0.25) is 0 Å². The number of thioether (sulfide) groups is 1. The number of aromatic hydroxyl groups is 1. The lowest BCUT2D eigenvalue weighted by atomic mass is 9.94. The van der Waals surface area contributed by atoms with Crippen LogP contribution in [0.15, 0.2) is 54.7 Å². The van der Waals surface area contributed by atoms with Crippen molar-refractivity contribution < 1.29 is 15.0 Å². The van der Waals surface area contributed by atoms with E-state index in [1.165, 1.54) is 11.1 Å². The molecule has 0 saturated heterocycles. The molecule has 0 radical (unpaired) electrons. The standard InChI is InChI=1S/C23H24N2O3S/c26-20-4-1-15(2-5-20)16-7-9-24-19(11-16)8-10-29-14-18-13-25-22-6-3-17(23(27)28)12-21(18)22/h1-7,12-13,19,24-26H,8-11,14H2,(H,27,28). The number of benzene rings is 2. The Labute approximate surface area is 173 Å². The summed E-state index contributed by atoms with van der Waals surface area (Å²) in [5, 5.41) is 23.2. The zero-order valence-corrected chi connectivity index (χ0v) is 16.8. The number of carbonyl (C=O) groups is 1. The van der Waals surface area contributed by atoms with Crippen molar-refractivity contribution in [3.8, 4) is 5.75 Å². The zero-order valence-electron chi connectivity index (χ0n) is 16.0. The van der Waals surface area contributed by atoms with Crippen molar-refractivity contribution in [2.45, 2.75) is 24.6 Å². The minimum atomic E-state index is -0.896. The SMILES string of the molecule is O=C(O)c1ccc2[nH]cc(CSCCC3CC(c4ccc(O)cc4)=CCN3)c2c1. The summed E-state index contributed by atoms with van der Waals surface area (Å²) < 4.78 is 0. The number of hydrogen-bond donors (Lipinski definition) is 4. The third-order valence-electron chi connectivity index (χ3n) is 5.34. The zero-order chi connectivity index (χ0) is 20.2. The molecular formula is C23H24N2O3S. The minimum absolute atomic E-state index is 0.295. The maximum absolute atomic E-state index is 11.2. The fraction of sp³-hybridized carbons (Fsp3) is 0.261.